The molecule has 0 aromatic heterocycles. The van der Waals surface area contributed by atoms with Crippen LogP contribution in [0.2, 0.25) is 0 Å². The van der Waals surface area contributed by atoms with Crippen LogP contribution >= 0.6 is 0 Å². The number of hydrogen-bond donors (Lipinski definition) is 1. The van der Waals surface area contributed by atoms with Gasteiger partial charge in [0.2, 0.25) is 11.8 Å². The molecule has 1 atom stereocenters. The van der Waals surface area contributed by atoms with E-state index in [2.05, 4.69) is 5.32 Å². The molecule has 0 radical (unpaired) electrons. The van der Waals surface area contributed by atoms with Crippen molar-refractivity contribution in [2.45, 2.75) is 70.9 Å². The number of carbonyl (C=O) groups is 2. The number of amides is 2. The Hall–Kier alpha value is -1.10. The predicted octanol–water partition coefficient (Wildman–Crippen LogP) is 2.10. The summed E-state index contributed by atoms with van der Waals surface area (Å²) in [6.07, 6.45) is 7.28. The number of hydrogen-bond acceptors (Lipinski definition) is 3. The van der Waals surface area contributed by atoms with Crippen LogP contribution in [0, 0.1) is 11.3 Å². The first-order valence-electron chi connectivity index (χ1n) is 9.19. The van der Waals surface area contributed by atoms with Crippen molar-refractivity contribution in [2.75, 3.05) is 19.8 Å². The van der Waals surface area contributed by atoms with Gasteiger partial charge in [0, 0.05) is 31.2 Å². The van der Waals surface area contributed by atoms with Gasteiger partial charge >= 0.3 is 0 Å². The van der Waals surface area contributed by atoms with Gasteiger partial charge in [-0.1, -0.05) is 26.7 Å². The maximum atomic E-state index is 12.7. The second kappa shape index (κ2) is 6.80. The Balaban J connectivity index is 1.57. The monoisotopic (exact) mass is 322 g/mol. The van der Waals surface area contributed by atoms with Gasteiger partial charge < -0.3 is 15.0 Å². The number of rotatable bonds is 4. The molecule has 0 spiro atoms. The molecule has 2 saturated heterocycles. The fraction of sp³-hybridized carbons (Fsp3) is 0.889. The summed E-state index contributed by atoms with van der Waals surface area (Å²) < 4.78 is 5.38. The molecule has 1 saturated carbocycles. The molecule has 5 heteroatoms. The molecule has 3 aliphatic rings. The number of likely N-dealkylation sites (tertiary alicyclic amines) is 1. The molecular formula is C18H30N2O3. The number of nitrogens with one attached hydrogen (secondary N) is 1. The molecule has 2 aliphatic heterocycles. The topological polar surface area (TPSA) is 58.6 Å². The maximum Gasteiger partial charge on any atom is 0.245 e. The molecule has 0 bridgehead atoms. The molecule has 0 unspecified atom stereocenters. The zero-order chi connectivity index (χ0) is 16.4. The van der Waals surface area contributed by atoms with E-state index < -0.39 is 0 Å². The van der Waals surface area contributed by atoms with Gasteiger partial charge in [-0.25, -0.2) is 0 Å². The number of nitrogens with zero attached hydrogens (tertiary/aromatic N) is 1. The van der Waals surface area contributed by atoms with Crippen molar-refractivity contribution < 1.29 is 14.3 Å². The molecule has 5 nitrogen and oxygen atoms in total. The minimum Gasteiger partial charge on any atom is -0.381 e. The van der Waals surface area contributed by atoms with E-state index in [1.54, 1.807) is 0 Å². The normalized spacial score (nSPS) is 27.7. The molecule has 130 valence electrons. The Morgan fingerprint density at radius 3 is 2.43 bits per heavy atom. The zero-order valence-corrected chi connectivity index (χ0v) is 14.5. The van der Waals surface area contributed by atoms with Gasteiger partial charge in [-0.15, -0.1) is 0 Å². The summed E-state index contributed by atoms with van der Waals surface area (Å²) >= 11 is 0. The van der Waals surface area contributed by atoms with Crippen LogP contribution in [-0.4, -0.2) is 48.6 Å². The van der Waals surface area contributed by atoms with Crippen molar-refractivity contribution in [1.29, 1.82) is 0 Å². The van der Waals surface area contributed by atoms with E-state index >= 15 is 0 Å². The molecular weight excluding hydrogens is 292 g/mol. The quantitative estimate of drug-likeness (QED) is 0.862. The number of carbonyl (C=O) groups excluding carboxylic acids is 2. The lowest BCUT2D eigenvalue weighted by Crippen LogP contribution is -2.50. The molecule has 2 heterocycles. The largest absolute Gasteiger partial charge is 0.381 e. The van der Waals surface area contributed by atoms with Crippen molar-refractivity contribution in [3.05, 3.63) is 0 Å². The van der Waals surface area contributed by atoms with E-state index in [0.717, 1.165) is 51.9 Å². The van der Waals surface area contributed by atoms with Crippen LogP contribution in [0.4, 0.5) is 0 Å². The fourth-order valence-electron chi connectivity index (χ4n) is 4.37. The van der Waals surface area contributed by atoms with Crippen LogP contribution in [-0.2, 0) is 14.3 Å². The molecule has 1 aliphatic carbocycles. The highest BCUT2D eigenvalue weighted by Gasteiger charge is 2.42. The van der Waals surface area contributed by atoms with Crippen molar-refractivity contribution in [1.82, 2.24) is 10.2 Å². The van der Waals surface area contributed by atoms with E-state index in [4.69, 9.17) is 4.74 Å². The van der Waals surface area contributed by atoms with E-state index in [9.17, 15) is 9.59 Å². The Kier molecular flexibility index (Phi) is 4.95. The maximum absolute atomic E-state index is 12.7. The molecule has 23 heavy (non-hydrogen) atoms. The third-order valence-electron chi connectivity index (χ3n) is 6.14. The van der Waals surface area contributed by atoms with Gasteiger partial charge in [0.15, 0.2) is 0 Å². The first-order chi connectivity index (χ1) is 11.0. The lowest BCUT2D eigenvalue weighted by molar-refractivity contribution is -0.139. The van der Waals surface area contributed by atoms with Crippen LogP contribution < -0.4 is 5.32 Å². The second-order valence-corrected chi connectivity index (χ2v) is 7.89. The fourth-order valence-corrected chi connectivity index (χ4v) is 4.37. The van der Waals surface area contributed by atoms with Crippen LogP contribution in [0.5, 0.6) is 0 Å². The van der Waals surface area contributed by atoms with Gasteiger partial charge in [-0.2, -0.15) is 0 Å². The average molecular weight is 322 g/mol. The summed E-state index contributed by atoms with van der Waals surface area (Å²) in [5, 5.41) is 3.05. The minimum atomic E-state index is -0.372. The Morgan fingerprint density at radius 1 is 1.13 bits per heavy atom. The minimum absolute atomic E-state index is 0.0524. The summed E-state index contributed by atoms with van der Waals surface area (Å²) in [6, 6.07) is -0.0352. The Labute approximate surface area is 139 Å². The summed E-state index contributed by atoms with van der Waals surface area (Å²) in [5.41, 5.74) is -0.372. The SMILES string of the molecule is CC(C)(C(=O)N[C@H]1CCN(C2CCOCC2)C1=O)C1CCCC1. The van der Waals surface area contributed by atoms with Gasteiger partial charge in [-0.3, -0.25) is 9.59 Å². The Morgan fingerprint density at radius 2 is 1.78 bits per heavy atom. The first kappa shape index (κ1) is 16.7. The van der Waals surface area contributed by atoms with Gasteiger partial charge in [0.1, 0.15) is 6.04 Å². The zero-order valence-electron chi connectivity index (χ0n) is 14.5. The Bertz CT molecular complexity index is 451. The molecule has 1 N–H and O–H groups in total. The van der Waals surface area contributed by atoms with Crippen LogP contribution in [0.15, 0.2) is 0 Å². The van der Waals surface area contributed by atoms with E-state index in [-0.39, 0.29) is 23.3 Å². The summed E-state index contributed by atoms with van der Waals surface area (Å²) in [5.74, 6) is 0.606. The third-order valence-corrected chi connectivity index (χ3v) is 6.14. The van der Waals surface area contributed by atoms with Gasteiger partial charge in [-0.05, 0) is 38.0 Å². The first-order valence-corrected chi connectivity index (χ1v) is 9.19. The summed E-state index contributed by atoms with van der Waals surface area (Å²) in [6.45, 7) is 6.31. The molecule has 0 aromatic rings. The lowest BCUT2D eigenvalue weighted by atomic mass is 9.77. The second-order valence-electron chi connectivity index (χ2n) is 7.89. The third kappa shape index (κ3) is 3.39. The highest BCUT2D eigenvalue weighted by molar-refractivity contribution is 5.91. The summed E-state index contributed by atoms with van der Waals surface area (Å²) in [4.78, 5) is 27.4. The van der Waals surface area contributed by atoms with Crippen molar-refractivity contribution >= 4 is 11.8 Å². The molecule has 3 fully saturated rings. The number of ether oxygens (including phenoxy) is 1. The van der Waals surface area contributed by atoms with Gasteiger partial charge in [0.05, 0.1) is 0 Å². The van der Waals surface area contributed by atoms with Gasteiger partial charge in [0.25, 0.3) is 0 Å². The summed E-state index contributed by atoms with van der Waals surface area (Å²) in [7, 11) is 0. The van der Waals surface area contributed by atoms with Crippen LogP contribution in [0.3, 0.4) is 0 Å². The smallest absolute Gasteiger partial charge is 0.245 e. The highest BCUT2D eigenvalue weighted by Crippen LogP contribution is 2.40. The van der Waals surface area contributed by atoms with Crippen molar-refractivity contribution in [3.63, 3.8) is 0 Å². The van der Waals surface area contributed by atoms with E-state index in [1.165, 1.54) is 12.8 Å². The average Bonchev–Trinajstić information content (AvgIpc) is 3.19. The van der Waals surface area contributed by atoms with Crippen LogP contribution in [0.1, 0.15) is 58.8 Å². The van der Waals surface area contributed by atoms with Crippen molar-refractivity contribution in [3.8, 4) is 0 Å². The van der Waals surface area contributed by atoms with E-state index in [0.29, 0.717) is 12.0 Å². The standard InChI is InChI=1S/C18H30N2O3/c1-18(2,13-5-3-4-6-13)17(22)19-15-7-10-20(16(15)21)14-8-11-23-12-9-14/h13-15H,3-12H2,1-2H3,(H,19,22)/t15-/m0/s1. The molecule has 2 amide bonds. The highest BCUT2D eigenvalue weighted by atomic mass is 16.5. The van der Waals surface area contributed by atoms with Crippen LogP contribution in [0.25, 0.3) is 0 Å². The molecule has 3 rings (SSSR count). The van der Waals surface area contributed by atoms with E-state index in [1.807, 2.05) is 18.7 Å². The molecule has 0 aromatic carbocycles. The van der Waals surface area contributed by atoms with Crippen molar-refractivity contribution in [2.24, 2.45) is 11.3 Å². The lowest BCUT2D eigenvalue weighted by Gasteiger charge is -2.32. The predicted molar refractivity (Wildman–Crippen MR) is 87.8 cm³/mol.